The van der Waals surface area contributed by atoms with Gasteiger partial charge in [-0.05, 0) is 18.9 Å². The largest absolute Gasteiger partial charge is 0.298 e. The molecule has 0 aliphatic rings. The van der Waals surface area contributed by atoms with E-state index < -0.39 is 0 Å². The highest BCUT2D eigenvalue weighted by molar-refractivity contribution is 5.88. The summed E-state index contributed by atoms with van der Waals surface area (Å²) in [6.07, 6.45) is 4.31. The molecule has 2 aromatic rings. The van der Waals surface area contributed by atoms with Gasteiger partial charge in [-0.1, -0.05) is 31.5 Å². The first-order valence-electron chi connectivity index (χ1n) is 5.75. The standard InChI is InChI=1S/C13H14N2O2/c1-2-3-5-11-8-7-10-6-4-9-14-12(10)13(11)15(16)17/h4,6-9H,2-3,5H2,1H3. The fourth-order valence-electron chi connectivity index (χ4n) is 1.94. The normalized spacial score (nSPS) is 10.6. The lowest BCUT2D eigenvalue weighted by atomic mass is 10.0. The fraction of sp³-hybridized carbons (Fsp3) is 0.308. The van der Waals surface area contributed by atoms with E-state index >= 15 is 0 Å². The van der Waals surface area contributed by atoms with Crippen molar-refractivity contribution < 1.29 is 4.92 Å². The molecule has 1 aromatic heterocycles. The Hall–Kier alpha value is -1.97. The summed E-state index contributed by atoms with van der Waals surface area (Å²) >= 11 is 0. The zero-order chi connectivity index (χ0) is 12.3. The third-order valence-electron chi connectivity index (χ3n) is 2.81. The average molecular weight is 230 g/mol. The van der Waals surface area contributed by atoms with E-state index in [2.05, 4.69) is 11.9 Å². The Bertz CT molecular complexity index is 552. The summed E-state index contributed by atoms with van der Waals surface area (Å²) in [5, 5.41) is 12.0. The number of pyridine rings is 1. The van der Waals surface area contributed by atoms with Crippen LogP contribution in [0.1, 0.15) is 25.3 Å². The second kappa shape index (κ2) is 4.91. The third-order valence-corrected chi connectivity index (χ3v) is 2.81. The number of benzene rings is 1. The Morgan fingerprint density at radius 2 is 2.18 bits per heavy atom. The molecule has 0 N–H and O–H groups in total. The average Bonchev–Trinajstić information content (AvgIpc) is 2.35. The summed E-state index contributed by atoms with van der Waals surface area (Å²) in [6.45, 7) is 2.07. The van der Waals surface area contributed by atoms with Crippen LogP contribution < -0.4 is 0 Å². The highest BCUT2D eigenvalue weighted by Crippen LogP contribution is 2.28. The molecule has 0 atom stereocenters. The van der Waals surface area contributed by atoms with Crippen LogP contribution in [0.3, 0.4) is 0 Å². The first-order valence-corrected chi connectivity index (χ1v) is 5.75. The van der Waals surface area contributed by atoms with Crippen molar-refractivity contribution in [2.24, 2.45) is 0 Å². The van der Waals surface area contributed by atoms with E-state index in [0.29, 0.717) is 5.52 Å². The predicted molar refractivity (Wildman–Crippen MR) is 67.0 cm³/mol. The van der Waals surface area contributed by atoms with Gasteiger partial charge in [0.05, 0.1) is 4.92 Å². The van der Waals surface area contributed by atoms with Crippen molar-refractivity contribution in [2.45, 2.75) is 26.2 Å². The first-order chi connectivity index (χ1) is 8.24. The number of nitrogens with zero attached hydrogens (tertiary/aromatic N) is 2. The maximum Gasteiger partial charge on any atom is 0.298 e. The van der Waals surface area contributed by atoms with E-state index in [0.717, 1.165) is 30.2 Å². The maximum atomic E-state index is 11.2. The van der Waals surface area contributed by atoms with Gasteiger partial charge in [-0.2, -0.15) is 0 Å². The van der Waals surface area contributed by atoms with E-state index in [1.54, 1.807) is 12.3 Å². The summed E-state index contributed by atoms with van der Waals surface area (Å²) in [4.78, 5) is 15.0. The summed E-state index contributed by atoms with van der Waals surface area (Å²) < 4.78 is 0. The van der Waals surface area contributed by atoms with Crippen molar-refractivity contribution in [3.05, 3.63) is 46.1 Å². The zero-order valence-corrected chi connectivity index (χ0v) is 9.72. The Kier molecular flexibility index (Phi) is 3.32. The Morgan fingerprint density at radius 3 is 2.88 bits per heavy atom. The SMILES string of the molecule is CCCCc1ccc2cccnc2c1[N+](=O)[O-]. The Morgan fingerprint density at radius 1 is 1.35 bits per heavy atom. The Balaban J connectivity index is 2.60. The molecular weight excluding hydrogens is 216 g/mol. The van der Waals surface area contributed by atoms with Crippen LogP contribution in [-0.2, 0) is 6.42 Å². The molecule has 17 heavy (non-hydrogen) atoms. The number of nitro groups is 1. The smallest absolute Gasteiger partial charge is 0.258 e. The second-order valence-electron chi connectivity index (χ2n) is 4.01. The summed E-state index contributed by atoms with van der Waals surface area (Å²) in [7, 11) is 0. The van der Waals surface area contributed by atoms with Gasteiger partial charge in [-0.25, -0.2) is 4.98 Å². The van der Waals surface area contributed by atoms with Gasteiger partial charge < -0.3 is 0 Å². The van der Waals surface area contributed by atoms with E-state index in [1.165, 1.54) is 0 Å². The molecule has 0 radical (unpaired) electrons. The second-order valence-corrected chi connectivity index (χ2v) is 4.01. The fourth-order valence-corrected chi connectivity index (χ4v) is 1.94. The van der Waals surface area contributed by atoms with Crippen LogP contribution in [0, 0.1) is 10.1 Å². The molecule has 88 valence electrons. The minimum Gasteiger partial charge on any atom is -0.258 e. The number of fused-ring (bicyclic) bond motifs is 1. The molecule has 0 aliphatic heterocycles. The number of unbranched alkanes of at least 4 members (excludes halogenated alkanes) is 1. The number of hydrogen-bond acceptors (Lipinski definition) is 3. The zero-order valence-electron chi connectivity index (χ0n) is 9.72. The van der Waals surface area contributed by atoms with Crippen molar-refractivity contribution in [3.63, 3.8) is 0 Å². The molecule has 2 rings (SSSR count). The number of hydrogen-bond donors (Lipinski definition) is 0. The lowest BCUT2D eigenvalue weighted by Gasteiger charge is -2.04. The van der Waals surface area contributed by atoms with Gasteiger partial charge in [-0.15, -0.1) is 0 Å². The molecule has 0 fully saturated rings. The molecule has 0 saturated carbocycles. The van der Waals surface area contributed by atoms with E-state index in [4.69, 9.17) is 0 Å². The monoisotopic (exact) mass is 230 g/mol. The van der Waals surface area contributed by atoms with Gasteiger partial charge in [0, 0.05) is 17.1 Å². The number of aryl methyl sites for hydroxylation is 1. The lowest BCUT2D eigenvalue weighted by molar-refractivity contribution is -0.383. The van der Waals surface area contributed by atoms with Gasteiger partial charge >= 0.3 is 0 Å². The summed E-state index contributed by atoms with van der Waals surface area (Å²) in [5.41, 5.74) is 1.44. The number of nitro benzene ring substituents is 1. The van der Waals surface area contributed by atoms with Crippen LogP contribution in [-0.4, -0.2) is 9.91 Å². The number of rotatable bonds is 4. The molecule has 0 spiro atoms. The molecule has 0 aliphatic carbocycles. The quantitative estimate of drug-likeness (QED) is 0.596. The summed E-state index contributed by atoms with van der Waals surface area (Å²) in [6, 6.07) is 7.38. The van der Waals surface area contributed by atoms with Crippen LogP contribution in [0.4, 0.5) is 5.69 Å². The van der Waals surface area contributed by atoms with Gasteiger partial charge in [0.2, 0.25) is 0 Å². The molecule has 0 bridgehead atoms. The third kappa shape index (κ3) is 2.25. The topological polar surface area (TPSA) is 56.0 Å². The van der Waals surface area contributed by atoms with Crippen molar-refractivity contribution in [3.8, 4) is 0 Å². The highest BCUT2D eigenvalue weighted by atomic mass is 16.6. The van der Waals surface area contributed by atoms with Crippen molar-refractivity contribution in [2.75, 3.05) is 0 Å². The van der Waals surface area contributed by atoms with Crippen molar-refractivity contribution in [1.82, 2.24) is 4.98 Å². The van der Waals surface area contributed by atoms with E-state index in [1.807, 2.05) is 18.2 Å². The maximum absolute atomic E-state index is 11.2. The van der Waals surface area contributed by atoms with E-state index in [9.17, 15) is 10.1 Å². The van der Waals surface area contributed by atoms with Crippen LogP contribution >= 0.6 is 0 Å². The van der Waals surface area contributed by atoms with Gasteiger partial charge in [0.1, 0.15) is 5.52 Å². The minimum absolute atomic E-state index is 0.163. The molecule has 4 nitrogen and oxygen atoms in total. The van der Waals surface area contributed by atoms with Gasteiger partial charge in [-0.3, -0.25) is 10.1 Å². The van der Waals surface area contributed by atoms with Crippen LogP contribution in [0.5, 0.6) is 0 Å². The van der Waals surface area contributed by atoms with Crippen molar-refractivity contribution in [1.29, 1.82) is 0 Å². The molecular formula is C13H14N2O2. The van der Waals surface area contributed by atoms with Gasteiger partial charge in [0.15, 0.2) is 0 Å². The predicted octanol–water partition coefficient (Wildman–Crippen LogP) is 3.49. The summed E-state index contributed by atoms with van der Waals surface area (Å²) in [5.74, 6) is 0. The highest BCUT2D eigenvalue weighted by Gasteiger charge is 2.18. The molecule has 0 unspecified atom stereocenters. The van der Waals surface area contributed by atoms with Crippen molar-refractivity contribution >= 4 is 16.6 Å². The van der Waals surface area contributed by atoms with Gasteiger partial charge in [0.25, 0.3) is 5.69 Å². The van der Waals surface area contributed by atoms with E-state index in [-0.39, 0.29) is 10.6 Å². The Labute approximate surface area is 99.4 Å². The van der Waals surface area contributed by atoms with Crippen LogP contribution in [0.25, 0.3) is 10.9 Å². The van der Waals surface area contributed by atoms with Crippen LogP contribution in [0.15, 0.2) is 30.5 Å². The number of aromatic nitrogens is 1. The molecule has 4 heteroatoms. The van der Waals surface area contributed by atoms with Crippen LogP contribution in [0.2, 0.25) is 0 Å². The molecule has 1 heterocycles. The molecule has 0 amide bonds. The molecule has 0 saturated heterocycles. The minimum atomic E-state index is -0.319. The lowest BCUT2D eigenvalue weighted by Crippen LogP contribution is -1.98. The molecule has 1 aromatic carbocycles. The first kappa shape index (κ1) is 11.5.